The van der Waals surface area contributed by atoms with Crippen LogP contribution >= 0.6 is 0 Å². The van der Waals surface area contributed by atoms with Crippen LogP contribution in [-0.4, -0.2) is 34.8 Å². The van der Waals surface area contributed by atoms with E-state index in [9.17, 15) is 4.39 Å². The van der Waals surface area contributed by atoms with Crippen molar-refractivity contribution in [2.75, 3.05) is 13.8 Å². The van der Waals surface area contributed by atoms with Crippen LogP contribution in [0.5, 0.6) is 0 Å². The van der Waals surface area contributed by atoms with Gasteiger partial charge in [0, 0.05) is 17.6 Å². The molecule has 7 nitrogen and oxygen atoms in total. The number of methoxy groups -OCH3 is 1. The van der Waals surface area contributed by atoms with Gasteiger partial charge < -0.3 is 4.74 Å². The second-order valence-electron chi connectivity index (χ2n) is 4.17. The minimum absolute atomic E-state index is 0.544. The Kier molecular flexibility index (Phi) is 5.14. The number of nitrogens with zero attached hydrogens (tertiary/aromatic N) is 6. The van der Waals surface area contributed by atoms with E-state index in [1.54, 1.807) is 24.3 Å². The van der Waals surface area contributed by atoms with Crippen molar-refractivity contribution >= 4 is 0 Å². The minimum Gasteiger partial charge on any atom is -0.376 e. The van der Waals surface area contributed by atoms with Crippen LogP contribution in [0.25, 0.3) is 21.8 Å². The first kappa shape index (κ1) is 14.8. The molecular formula is C13H13FN6O. The topological polar surface area (TPSA) is 96.7 Å². The highest BCUT2D eigenvalue weighted by Crippen LogP contribution is 2.25. The first-order valence-corrected chi connectivity index (χ1v) is 6.15. The van der Waals surface area contributed by atoms with Gasteiger partial charge in [0.2, 0.25) is 0 Å². The van der Waals surface area contributed by atoms with Crippen LogP contribution in [0.2, 0.25) is 0 Å². The Bertz CT molecular complexity index is 614. The Balaban J connectivity index is 2.26. The molecule has 0 aliphatic rings. The van der Waals surface area contributed by atoms with Gasteiger partial charge in [0.1, 0.15) is 19.3 Å². The zero-order valence-electron chi connectivity index (χ0n) is 11.3. The second kappa shape index (κ2) is 7.28. The van der Waals surface area contributed by atoms with Crippen molar-refractivity contribution in [3.8, 4) is 11.4 Å². The van der Waals surface area contributed by atoms with Gasteiger partial charge in [0.25, 0.3) is 0 Å². The van der Waals surface area contributed by atoms with Gasteiger partial charge in [0.05, 0.1) is 12.1 Å². The zero-order chi connectivity index (χ0) is 15.1. The van der Waals surface area contributed by atoms with E-state index in [1.165, 1.54) is 19.8 Å². The summed E-state index contributed by atoms with van der Waals surface area (Å²) in [6.45, 7) is -0.794. The molecule has 8 heteroatoms. The maximum atomic E-state index is 12.9. The van der Waals surface area contributed by atoms with Crippen LogP contribution in [0, 0.1) is 0 Å². The van der Waals surface area contributed by atoms with E-state index in [0.717, 1.165) is 5.56 Å². The molecule has 0 bridgehead atoms. The zero-order valence-corrected chi connectivity index (χ0v) is 11.3. The summed E-state index contributed by atoms with van der Waals surface area (Å²) in [6, 6.07) is 6.22. The standard InChI is InChI=1S/C13H13FN6O/c1-21-12(11(6-14)19-20-15)9-2-4-10(5-3-9)13-17-7-16-8-18-13/h2-5,7-8,11-12H,6H2,1H3/t11-,12-/m1/s1. The molecule has 0 radical (unpaired) electrons. The molecule has 1 heterocycles. The molecule has 0 unspecified atom stereocenters. The average Bonchev–Trinajstić information content (AvgIpc) is 2.56. The molecule has 0 amide bonds. The Morgan fingerprint density at radius 1 is 1.29 bits per heavy atom. The number of alkyl halides is 1. The lowest BCUT2D eigenvalue weighted by molar-refractivity contribution is 0.0722. The number of rotatable bonds is 6. The lowest BCUT2D eigenvalue weighted by Gasteiger charge is -2.20. The fourth-order valence-corrected chi connectivity index (χ4v) is 1.96. The number of benzene rings is 1. The molecule has 0 saturated carbocycles. The molecule has 21 heavy (non-hydrogen) atoms. The lowest BCUT2D eigenvalue weighted by atomic mass is 10.0. The minimum atomic E-state index is -0.900. The molecule has 0 N–H and O–H groups in total. The predicted molar refractivity (Wildman–Crippen MR) is 73.9 cm³/mol. The van der Waals surface area contributed by atoms with E-state index in [-0.39, 0.29) is 0 Å². The lowest BCUT2D eigenvalue weighted by Crippen LogP contribution is -2.20. The normalized spacial score (nSPS) is 13.2. The number of halogens is 1. The van der Waals surface area contributed by atoms with E-state index in [4.69, 9.17) is 10.3 Å². The van der Waals surface area contributed by atoms with Crippen molar-refractivity contribution in [3.63, 3.8) is 0 Å². The van der Waals surface area contributed by atoms with Gasteiger partial charge in [-0.05, 0) is 11.1 Å². The smallest absolute Gasteiger partial charge is 0.162 e. The maximum absolute atomic E-state index is 12.9. The quantitative estimate of drug-likeness (QED) is 0.463. The monoisotopic (exact) mass is 288 g/mol. The van der Waals surface area contributed by atoms with Crippen LogP contribution in [0.15, 0.2) is 42.0 Å². The summed E-state index contributed by atoms with van der Waals surface area (Å²) >= 11 is 0. The molecule has 2 rings (SSSR count). The van der Waals surface area contributed by atoms with E-state index < -0.39 is 18.8 Å². The third kappa shape index (κ3) is 3.50. The van der Waals surface area contributed by atoms with Crippen LogP contribution < -0.4 is 0 Å². The summed E-state index contributed by atoms with van der Waals surface area (Å²) in [6.07, 6.45) is 2.18. The van der Waals surface area contributed by atoms with Gasteiger partial charge in [-0.3, -0.25) is 4.39 Å². The summed E-state index contributed by atoms with van der Waals surface area (Å²) in [5.74, 6) is 0.544. The molecule has 1 aromatic carbocycles. The molecule has 0 spiro atoms. The molecule has 0 aliphatic heterocycles. The predicted octanol–water partition coefficient (Wildman–Crippen LogP) is 2.87. The summed E-state index contributed by atoms with van der Waals surface area (Å²) in [5.41, 5.74) is 9.98. The maximum Gasteiger partial charge on any atom is 0.162 e. The van der Waals surface area contributed by atoms with E-state index in [1.807, 2.05) is 0 Å². The highest BCUT2D eigenvalue weighted by molar-refractivity contribution is 5.54. The van der Waals surface area contributed by atoms with Gasteiger partial charge in [0.15, 0.2) is 5.82 Å². The van der Waals surface area contributed by atoms with Crippen molar-refractivity contribution in [3.05, 3.63) is 52.9 Å². The fourth-order valence-electron chi connectivity index (χ4n) is 1.96. The SMILES string of the molecule is CO[C@H](c1ccc(-c2ncncn2)cc1)[C@@H](CF)N=[N+]=[N-]. The third-order valence-corrected chi connectivity index (χ3v) is 2.95. The second-order valence-corrected chi connectivity index (χ2v) is 4.17. The first-order chi connectivity index (χ1) is 10.3. The highest BCUT2D eigenvalue weighted by Gasteiger charge is 2.22. The summed E-state index contributed by atoms with van der Waals surface area (Å²) in [5, 5.41) is 3.42. The van der Waals surface area contributed by atoms with E-state index in [2.05, 4.69) is 25.0 Å². The molecule has 0 fully saturated rings. The molecule has 0 aliphatic carbocycles. The first-order valence-electron chi connectivity index (χ1n) is 6.15. The third-order valence-electron chi connectivity index (χ3n) is 2.95. The Labute approximate surface area is 120 Å². The van der Waals surface area contributed by atoms with Crippen molar-refractivity contribution in [2.24, 2.45) is 5.11 Å². The van der Waals surface area contributed by atoms with Gasteiger partial charge in [-0.1, -0.05) is 29.4 Å². The van der Waals surface area contributed by atoms with Crippen molar-refractivity contribution in [2.45, 2.75) is 12.1 Å². The fraction of sp³-hybridized carbons (Fsp3) is 0.308. The largest absolute Gasteiger partial charge is 0.376 e. The van der Waals surface area contributed by atoms with E-state index >= 15 is 0 Å². The molecule has 1 aromatic heterocycles. The van der Waals surface area contributed by atoms with E-state index in [0.29, 0.717) is 11.4 Å². The van der Waals surface area contributed by atoms with Crippen molar-refractivity contribution in [1.29, 1.82) is 0 Å². The molecular weight excluding hydrogens is 275 g/mol. The van der Waals surface area contributed by atoms with Crippen LogP contribution in [0.3, 0.4) is 0 Å². The van der Waals surface area contributed by atoms with Crippen LogP contribution in [-0.2, 0) is 4.74 Å². The molecule has 0 saturated heterocycles. The summed E-state index contributed by atoms with van der Waals surface area (Å²) in [4.78, 5) is 14.5. The number of hydrogen-bond acceptors (Lipinski definition) is 5. The summed E-state index contributed by atoms with van der Waals surface area (Å²) < 4.78 is 18.2. The highest BCUT2D eigenvalue weighted by atomic mass is 19.1. The number of azide groups is 1. The van der Waals surface area contributed by atoms with Gasteiger partial charge in [-0.25, -0.2) is 15.0 Å². The summed E-state index contributed by atoms with van der Waals surface area (Å²) in [7, 11) is 1.44. The van der Waals surface area contributed by atoms with Crippen LogP contribution in [0.4, 0.5) is 4.39 Å². The Morgan fingerprint density at radius 2 is 1.95 bits per heavy atom. The number of ether oxygens (including phenoxy) is 1. The van der Waals surface area contributed by atoms with Crippen molar-refractivity contribution in [1.82, 2.24) is 15.0 Å². The molecule has 2 atom stereocenters. The Morgan fingerprint density at radius 3 is 2.48 bits per heavy atom. The molecule has 108 valence electrons. The van der Waals surface area contributed by atoms with Gasteiger partial charge in [-0.15, -0.1) is 0 Å². The molecule has 2 aromatic rings. The van der Waals surface area contributed by atoms with Crippen LogP contribution in [0.1, 0.15) is 11.7 Å². The number of hydrogen-bond donors (Lipinski definition) is 0. The van der Waals surface area contributed by atoms with Gasteiger partial charge in [-0.2, -0.15) is 0 Å². The average molecular weight is 288 g/mol. The van der Waals surface area contributed by atoms with Crippen molar-refractivity contribution < 1.29 is 9.13 Å². The Hall–Kier alpha value is -2.57. The number of aromatic nitrogens is 3. The van der Waals surface area contributed by atoms with Gasteiger partial charge >= 0.3 is 0 Å².